The Bertz CT molecular complexity index is 386. The zero-order valence-electron chi connectivity index (χ0n) is 7.62. The molecule has 1 aliphatic heterocycles. The summed E-state index contributed by atoms with van der Waals surface area (Å²) in [6.45, 7) is 0.955. The second-order valence-corrected chi connectivity index (χ2v) is 2.87. The molecule has 0 aromatic heterocycles. The number of hydrogen-bond donors (Lipinski definition) is 0. The molecule has 0 bridgehead atoms. The molecule has 0 saturated carbocycles. The summed E-state index contributed by atoms with van der Waals surface area (Å²) in [5, 5.41) is 2.78. The molecule has 0 spiro atoms. The van der Waals surface area contributed by atoms with E-state index >= 15 is 0 Å². The standard InChI is InChI=1S/C8H3F6NO/c1-3-2-4(7(9,10)11)5(6(16)15-3)8(12,13)14/h1H3. The van der Waals surface area contributed by atoms with Crippen molar-refractivity contribution in [3.8, 4) is 0 Å². The Morgan fingerprint density at radius 1 is 1.06 bits per heavy atom. The predicted molar refractivity (Wildman–Crippen MR) is 38.7 cm³/mol. The molecule has 88 valence electrons. The maximum absolute atomic E-state index is 12.2. The molecular weight excluding hydrogens is 240 g/mol. The maximum Gasteiger partial charge on any atom is 0.422 e. The molecule has 2 radical (unpaired) electrons. The largest absolute Gasteiger partial charge is 0.422 e. The molecule has 0 aliphatic carbocycles. The van der Waals surface area contributed by atoms with Gasteiger partial charge >= 0.3 is 12.4 Å². The van der Waals surface area contributed by atoms with Gasteiger partial charge in [-0.3, -0.25) is 4.79 Å². The van der Waals surface area contributed by atoms with Gasteiger partial charge in [-0.25, -0.2) is 5.32 Å². The summed E-state index contributed by atoms with van der Waals surface area (Å²) in [6, 6.07) is 0. The average molecular weight is 243 g/mol. The summed E-state index contributed by atoms with van der Waals surface area (Å²) in [5.41, 5.74) is -4.99. The van der Waals surface area contributed by atoms with Crippen LogP contribution in [-0.4, -0.2) is 18.3 Å². The van der Waals surface area contributed by atoms with Gasteiger partial charge in [-0.2, -0.15) is 26.3 Å². The minimum absolute atomic E-state index is 0.537. The molecule has 0 saturated heterocycles. The van der Waals surface area contributed by atoms with Crippen molar-refractivity contribution in [3.05, 3.63) is 22.9 Å². The number of allylic oxidation sites excluding steroid dienone is 3. The summed E-state index contributed by atoms with van der Waals surface area (Å²) in [5.74, 6) is -1.95. The first kappa shape index (κ1) is 12.6. The van der Waals surface area contributed by atoms with Gasteiger partial charge in [0.25, 0.3) is 5.91 Å². The SMILES string of the molecule is CC1=[C]C(C(F)(F)F)=C(C(F)(F)F)C(=O)[N]1. The van der Waals surface area contributed by atoms with E-state index in [0.717, 1.165) is 6.92 Å². The molecule has 16 heavy (non-hydrogen) atoms. The first-order valence-corrected chi connectivity index (χ1v) is 3.79. The Hall–Kier alpha value is -1.47. The second-order valence-electron chi connectivity index (χ2n) is 2.87. The molecule has 1 amide bonds. The Balaban J connectivity index is 3.46. The van der Waals surface area contributed by atoms with Crippen LogP contribution in [0.2, 0.25) is 0 Å². The monoisotopic (exact) mass is 243 g/mol. The topological polar surface area (TPSA) is 31.2 Å². The Morgan fingerprint density at radius 3 is 1.94 bits per heavy atom. The van der Waals surface area contributed by atoms with Crippen molar-refractivity contribution < 1.29 is 31.1 Å². The van der Waals surface area contributed by atoms with Crippen LogP contribution in [0.4, 0.5) is 26.3 Å². The van der Waals surface area contributed by atoms with Gasteiger partial charge in [-0.15, -0.1) is 0 Å². The summed E-state index contributed by atoms with van der Waals surface area (Å²) < 4.78 is 73.4. The number of hydrogen-bond acceptors (Lipinski definition) is 1. The number of carbonyl (C=O) groups excluding carboxylic acids is 1. The van der Waals surface area contributed by atoms with Gasteiger partial charge in [0, 0.05) is 6.08 Å². The molecule has 0 aromatic rings. The lowest BCUT2D eigenvalue weighted by Gasteiger charge is -2.20. The van der Waals surface area contributed by atoms with Gasteiger partial charge < -0.3 is 0 Å². The fourth-order valence-corrected chi connectivity index (χ4v) is 1.06. The minimum Gasteiger partial charge on any atom is -0.267 e. The fraction of sp³-hybridized carbons (Fsp3) is 0.375. The number of amides is 1. The van der Waals surface area contributed by atoms with E-state index in [0.29, 0.717) is 0 Å². The summed E-state index contributed by atoms with van der Waals surface area (Å²) in [7, 11) is 0. The first-order valence-electron chi connectivity index (χ1n) is 3.79. The van der Waals surface area contributed by atoms with Crippen LogP contribution in [0.5, 0.6) is 0 Å². The predicted octanol–water partition coefficient (Wildman–Crippen LogP) is 2.26. The second kappa shape index (κ2) is 3.53. The number of carbonyl (C=O) groups is 1. The van der Waals surface area contributed by atoms with Crippen LogP contribution < -0.4 is 5.32 Å². The van der Waals surface area contributed by atoms with Gasteiger partial charge in [0.2, 0.25) is 0 Å². The highest BCUT2D eigenvalue weighted by molar-refractivity contribution is 5.98. The van der Waals surface area contributed by atoms with Gasteiger partial charge in [0.05, 0.1) is 11.3 Å². The molecule has 1 rings (SSSR count). The van der Waals surface area contributed by atoms with Crippen molar-refractivity contribution in [1.82, 2.24) is 5.32 Å². The molecule has 1 aliphatic rings. The van der Waals surface area contributed by atoms with E-state index in [1.54, 1.807) is 0 Å². The van der Waals surface area contributed by atoms with Gasteiger partial charge in [0.1, 0.15) is 5.57 Å². The van der Waals surface area contributed by atoms with Crippen molar-refractivity contribution in [2.75, 3.05) is 0 Å². The molecule has 2 nitrogen and oxygen atoms in total. The highest BCUT2D eigenvalue weighted by atomic mass is 19.4. The normalized spacial score (nSPS) is 18.4. The number of alkyl halides is 6. The van der Waals surface area contributed by atoms with Crippen molar-refractivity contribution in [2.45, 2.75) is 19.3 Å². The van der Waals surface area contributed by atoms with Crippen LogP contribution in [0.3, 0.4) is 0 Å². The lowest BCUT2D eigenvalue weighted by Crippen LogP contribution is -2.34. The molecule has 0 unspecified atom stereocenters. The Morgan fingerprint density at radius 2 is 1.56 bits per heavy atom. The summed E-state index contributed by atoms with van der Waals surface area (Å²) >= 11 is 0. The van der Waals surface area contributed by atoms with Crippen LogP contribution in [0.15, 0.2) is 16.8 Å². The van der Waals surface area contributed by atoms with E-state index in [4.69, 9.17) is 0 Å². The minimum atomic E-state index is -5.40. The zero-order chi connectivity index (χ0) is 12.7. The lowest BCUT2D eigenvalue weighted by molar-refractivity contribution is -0.137. The van der Waals surface area contributed by atoms with Crippen LogP contribution in [0, 0.1) is 6.08 Å². The lowest BCUT2D eigenvalue weighted by atomic mass is 10.0. The zero-order valence-corrected chi connectivity index (χ0v) is 7.62. The summed E-state index contributed by atoms with van der Waals surface area (Å²) in [4.78, 5) is 10.8. The Labute approximate surface area is 85.6 Å². The highest BCUT2D eigenvalue weighted by Gasteiger charge is 2.50. The van der Waals surface area contributed by atoms with Crippen molar-refractivity contribution in [3.63, 3.8) is 0 Å². The maximum atomic E-state index is 12.2. The van der Waals surface area contributed by atoms with Crippen LogP contribution in [0.25, 0.3) is 0 Å². The number of nitrogens with zero attached hydrogens (tertiary/aromatic N) is 1. The highest BCUT2D eigenvalue weighted by Crippen LogP contribution is 2.38. The van der Waals surface area contributed by atoms with Crippen LogP contribution >= 0.6 is 0 Å². The van der Waals surface area contributed by atoms with Gasteiger partial charge in [-0.05, 0) is 6.92 Å². The molecule has 0 aromatic carbocycles. The third-order valence-corrected chi connectivity index (χ3v) is 1.61. The number of halogens is 6. The molecule has 0 atom stereocenters. The van der Waals surface area contributed by atoms with E-state index in [2.05, 4.69) is 5.32 Å². The van der Waals surface area contributed by atoms with Crippen LogP contribution in [0.1, 0.15) is 6.92 Å². The van der Waals surface area contributed by atoms with E-state index in [9.17, 15) is 31.1 Å². The van der Waals surface area contributed by atoms with Crippen molar-refractivity contribution in [1.29, 1.82) is 0 Å². The molecule has 8 heteroatoms. The Kier molecular flexibility index (Phi) is 2.78. The third kappa shape index (κ3) is 2.37. The summed E-state index contributed by atoms with van der Waals surface area (Å²) in [6.07, 6.45) is -9.29. The van der Waals surface area contributed by atoms with Crippen molar-refractivity contribution in [2.24, 2.45) is 0 Å². The van der Waals surface area contributed by atoms with Crippen LogP contribution in [-0.2, 0) is 4.79 Å². The van der Waals surface area contributed by atoms with E-state index in [1.165, 1.54) is 6.08 Å². The smallest absolute Gasteiger partial charge is 0.267 e. The molecule has 0 N–H and O–H groups in total. The third-order valence-electron chi connectivity index (χ3n) is 1.61. The van der Waals surface area contributed by atoms with E-state index < -0.39 is 35.1 Å². The number of rotatable bonds is 0. The van der Waals surface area contributed by atoms with Gasteiger partial charge in [0.15, 0.2) is 0 Å². The molecule has 1 heterocycles. The van der Waals surface area contributed by atoms with E-state index in [1.807, 2.05) is 0 Å². The van der Waals surface area contributed by atoms with Crippen molar-refractivity contribution >= 4 is 5.91 Å². The molecular formula is C8H3F6NO. The fourth-order valence-electron chi connectivity index (χ4n) is 1.06. The molecule has 0 fully saturated rings. The quantitative estimate of drug-likeness (QED) is 0.600. The first-order chi connectivity index (χ1) is 7.03. The van der Waals surface area contributed by atoms with E-state index in [-0.39, 0.29) is 0 Å². The van der Waals surface area contributed by atoms with Gasteiger partial charge in [-0.1, -0.05) is 0 Å². The average Bonchev–Trinajstić information content (AvgIpc) is 1.97.